The van der Waals surface area contributed by atoms with Gasteiger partial charge >= 0.3 is 6.09 Å². The van der Waals surface area contributed by atoms with E-state index in [0.717, 1.165) is 59.7 Å². The molecule has 1 aliphatic carbocycles. The van der Waals surface area contributed by atoms with Crippen LogP contribution in [0.4, 0.5) is 16.6 Å². The molecule has 0 aliphatic heterocycles. The fourth-order valence-electron chi connectivity index (χ4n) is 5.17. The number of carbonyl (C=O) groups is 1. The number of nitrogens with one attached hydrogen (secondary N) is 3. The summed E-state index contributed by atoms with van der Waals surface area (Å²) in [6.07, 6.45) is 4.85. The van der Waals surface area contributed by atoms with Gasteiger partial charge in [-0.05, 0) is 86.6 Å². The number of pyridine rings is 1. The highest BCUT2D eigenvalue weighted by molar-refractivity contribution is 7.92. The van der Waals surface area contributed by atoms with Crippen LogP contribution in [-0.2, 0) is 16.4 Å². The topological polar surface area (TPSA) is 146 Å². The van der Waals surface area contributed by atoms with E-state index in [9.17, 15) is 13.2 Å². The number of fused-ring (bicyclic) bond motifs is 1. The molecule has 0 bridgehead atoms. The summed E-state index contributed by atoms with van der Waals surface area (Å²) < 4.78 is 28.0. The molecular formula is C29H32N6O4S. The number of sulfonamides is 1. The maximum absolute atomic E-state index is 12.7. The maximum Gasteiger partial charge on any atom is 0.404 e. The second-order valence-electron chi connectivity index (χ2n) is 10.0. The van der Waals surface area contributed by atoms with E-state index in [4.69, 9.17) is 10.1 Å². The zero-order valence-corrected chi connectivity index (χ0v) is 23.2. The van der Waals surface area contributed by atoms with Crippen LogP contribution in [0.25, 0.3) is 22.0 Å². The first-order chi connectivity index (χ1) is 19.2. The van der Waals surface area contributed by atoms with Crippen molar-refractivity contribution < 1.29 is 18.3 Å². The molecule has 1 aliphatic rings. The summed E-state index contributed by atoms with van der Waals surface area (Å²) in [4.78, 5) is 25.0. The van der Waals surface area contributed by atoms with Gasteiger partial charge in [0.15, 0.2) is 0 Å². The fraction of sp³-hybridized carbons (Fsp3) is 0.310. The van der Waals surface area contributed by atoms with E-state index >= 15 is 0 Å². The number of aromatic nitrogens is 3. The van der Waals surface area contributed by atoms with Crippen molar-refractivity contribution in [3.05, 3.63) is 72.1 Å². The quantitative estimate of drug-likeness (QED) is 0.225. The van der Waals surface area contributed by atoms with Gasteiger partial charge in [-0.1, -0.05) is 25.1 Å². The minimum absolute atomic E-state index is 0.00533. The molecule has 2 heterocycles. The van der Waals surface area contributed by atoms with Crippen LogP contribution in [0.5, 0.6) is 0 Å². The lowest BCUT2D eigenvalue weighted by molar-refractivity contribution is 0.185. The van der Waals surface area contributed by atoms with Gasteiger partial charge in [-0.15, -0.1) is 0 Å². The second kappa shape index (κ2) is 11.5. The lowest BCUT2D eigenvalue weighted by Crippen LogP contribution is -2.39. The molecule has 11 heteroatoms. The van der Waals surface area contributed by atoms with Gasteiger partial charge < -0.3 is 15.7 Å². The number of hydrogen-bond acceptors (Lipinski definition) is 7. The number of anilines is 2. The van der Waals surface area contributed by atoms with Crippen LogP contribution in [0.1, 0.15) is 43.9 Å². The van der Waals surface area contributed by atoms with Crippen molar-refractivity contribution in [3.8, 4) is 11.1 Å². The normalized spacial score (nSPS) is 17.4. The number of benzene rings is 2. The fourth-order valence-corrected chi connectivity index (χ4v) is 6.19. The number of hydrogen-bond donors (Lipinski definition) is 4. The Balaban J connectivity index is 1.35. The minimum atomic E-state index is -3.73. The Hall–Kier alpha value is -4.25. The van der Waals surface area contributed by atoms with Crippen molar-refractivity contribution in [2.24, 2.45) is 0 Å². The molecule has 10 nitrogen and oxygen atoms in total. The molecule has 1 amide bonds. The van der Waals surface area contributed by atoms with Gasteiger partial charge in [0.05, 0.1) is 10.4 Å². The maximum atomic E-state index is 12.7. The third kappa shape index (κ3) is 6.15. The summed E-state index contributed by atoms with van der Waals surface area (Å²) in [5.74, 6) is 0.825. The standard InChI is InChI=1S/C29H32N6O4S/c1-3-19-15-20(25-13-14-26(31-18(25)2)35-40(38,39)24-7-5-4-6-8-24)16-21-17-30-28(34-27(19)21)32-22-9-11-23(12-10-22)33-29(36)37/h4-8,13-17,22-23,33H,3,9-12H2,1-2H3,(H,31,35)(H,36,37)(H,30,32,34). The largest absolute Gasteiger partial charge is 0.465 e. The zero-order valence-electron chi connectivity index (χ0n) is 22.4. The van der Waals surface area contributed by atoms with Crippen LogP contribution in [0.3, 0.4) is 0 Å². The molecule has 0 saturated heterocycles. The summed E-state index contributed by atoms with van der Waals surface area (Å²) in [6, 6.07) is 16.1. The van der Waals surface area contributed by atoms with Crippen molar-refractivity contribution in [2.75, 3.05) is 10.0 Å². The number of amides is 1. The molecule has 2 aromatic heterocycles. The second-order valence-corrected chi connectivity index (χ2v) is 11.7. The van der Waals surface area contributed by atoms with E-state index in [1.807, 2.05) is 25.3 Å². The van der Waals surface area contributed by atoms with Crippen LogP contribution in [-0.4, -0.2) is 46.7 Å². The summed E-state index contributed by atoms with van der Waals surface area (Å²) in [7, 11) is -3.73. The summed E-state index contributed by atoms with van der Waals surface area (Å²) in [5, 5.41) is 15.8. The van der Waals surface area contributed by atoms with Gasteiger partial charge in [0.2, 0.25) is 5.95 Å². The van der Waals surface area contributed by atoms with Crippen LogP contribution in [0.2, 0.25) is 0 Å². The first-order valence-electron chi connectivity index (χ1n) is 13.3. The average molecular weight is 561 g/mol. The van der Waals surface area contributed by atoms with Crippen molar-refractivity contribution in [3.63, 3.8) is 0 Å². The Morgan fingerprint density at radius 3 is 2.40 bits per heavy atom. The molecule has 40 heavy (non-hydrogen) atoms. The SMILES string of the molecule is CCc1cc(-c2ccc(NS(=O)(=O)c3ccccc3)nc2C)cc2cnc(NC3CCC(NC(=O)O)CC3)nc12. The first kappa shape index (κ1) is 27.3. The molecule has 2 aromatic carbocycles. The summed E-state index contributed by atoms with van der Waals surface area (Å²) in [5.41, 5.74) is 4.50. The van der Waals surface area contributed by atoms with E-state index in [1.165, 1.54) is 12.1 Å². The molecule has 1 saturated carbocycles. The molecule has 4 aromatic rings. The molecular weight excluding hydrogens is 528 g/mol. The van der Waals surface area contributed by atoms with Gasteiger partial charge in [0, 0.05) is 34.9 Å². The van der Waals surface area contributed by atoms with Gasteiger partial charge in [-0.3, -0.25) is 4.72 Å². The molecule has 0 spiro atoms. The Kier molecular flexibility index (Phi) is 7.83. The monoisotopic (exact) mass is 560 g/mol. The number of rotatable bonds is 8. The number of aryl methyl sites for hydroxylation is 2. The van der Waals surface area contributed by atoms with E-state index in [1.54, 1.807) is 24.3 Å². The van der Waals surface area contributed by atoms with E-state index in [-0.39, 0.29) is 22.8 Å². The van der Waals surface area contributed by atoms with Crippen molar-refractivity contribution in [1.29, 1.82) is 0 Å². The summed E-state index contributed by atoms with van der Waals surface area (Å²) >= 11 is 0. The average Bonchev–Trinajstić information content (AvgIpc) is 2.93. The Morgan fingerprint density at radius 1 is 1.00 bits per heavy atom. The highest BCUT2D eigenvalue weighted by Gasteiger charge is 2.23. The Labute approximate surface area is 233 Å². The van der Waals surface area contributed by atoms with Gasteiger partial charge in [0.1, 0.15) is 5.82 Å². The third-order valence-electron chi connectivity index (χ3n) is 7.22. The first-order valence-corrected chi connectivity index (χ1v) is 14.8. The van der Waals surface area contributed by atoms with Gasteiger partial charge in [-0.2, -0.15) is 0 Å². The van der Waals surface area contributed by atoms with Crippen LogP contribution >= 0.6 is 0 Å². The molecule has 4 N–H and O–H groups in total. The molecule has 0 unspecified atom stereocenters. The highest BCUT2D eigenvalue weighted by atomic mass is 32.2. The molecule has 0 radical (unpaired) electrons. The van der Waals surface area contributed by atoms with Crippen molar-refractivity contribution in [2.45, 2.75) is 62.9 Å². The molecule has 208 valence electrons. The van der Waals surface area contributed by atoms with Gasteiger partial charge in [-0.25, -0.2) is 28.2 Å². The van der Waals surface area contributed by atoms with Crippen molar-refractivity contribution in [1.82, 2.24) is 20.3 Å². The van der Waals surface area contributed by atoms with E-state index in [2.05, 4.69) is 38.3 Å². The minimum Gasteiger partial charge on any atom is -0.465 e. The third-order valence-corrected chi connectivity index (χ3v) is 8.59. The Morgan fingerprint density at radius 2 is 1.73 bits per heavy atom. The van der Waals surface area contributed by atoms with E-state index < -0.39 is 16.1 Å². The number of carboxylic acid groups (broad SMARTS) is 1. The van der Waals surface area contributed by atoms with Crippen LogP contribution in [0.15, 0.2) is 65.7 Å². The zero-order chi connectivity index (χ0) is 28.3. The molecule has 5 rings (SSSR count). The van der Waals surface area contributed by atoms with Gasteiger partial charge in [0.25, 0.3) is 10.0 Å². The van der Waals surface area contributed by atoms with Crippen molar-refractivity contribution >= 4 is 38.8 Å². The lowest BCUT2D eigenvalue weighted by atomic mass is 9.91. The highest BCUT2D eigenvalue weighted by Crippen LogP contribution is 2.31. The Bertz CT molecular complexity index is 1640. The number of nitrogens with zero attached hydrogens (tertiary/aromatic N) is 3. The van der Waals surface area contributed by atoms with E-state index in [0.29, 0.717) is 11.6 Å². The van der Waals surface area contributed by atoms with Crippen LogP contribution < -0.4 is 15.4 Å². The summed E-state index contributed by atoms with van der Waals surface area (Å²) in [6.45, 7) is 3.94. The van der Waals surface area contributed by atoms with Crippen LogP contribution in [0, 0.1) is 6.92 Å². The lowest BCUT2D eigenvalue weighted by Gasteiger charge is -2.28. The molecule has 0 atom stereocenters. The predicted molar refractivity (Wildman–Crippen MR) is 155 cm³/mol. The predicted octanol–water partition coefficient (Wildman–Crippen LogP) is 5.35. The smallest absolute Gasteiger partial charge is 0.404 e. The molecule has 1 fully saturated rings.